The van der Waals surface area contributed by atoms with Crippen LogP contribution in [0, 0.1) is 0 Å². The number of benzene rings is 2. The zero-order valence-electron chi connectivity index (χ0n) is 22.7. The molecule has 1 aliphatic heterocycles. The van der Waals surface area contributed by atoms with E-state index in [2.05, 4.69) is 4.99 Å². The number of esters is 1. The fourth-order valence-electron chi connectivity index (χ4n) is 4.62. The highest BCUT2D eigenvalue weighted by atomic mass is 32.1. The van der Waals surface area contributed by atoms with Crippen LogP contribution in [-0.2, 0) is 9.53 Å². The van der Waals surface area contributed by atoms with Crippen molar-refractivity contribution >= 4 is 29.4 Å². The number of carbonyl (C=O) groups excluding carboxylic acids is 1. The summed E-state index contributed by atoms with van der Waals surface area (Å²) in [6.45, 7) is 3.58. The molecular weight excluding hydrogens is 548 g/mol. The molecule has 10 nitrogen and oxygen atoms in total. The first-order chi connectivity index (χ1) is 19.7. The number of methoxy groups -OCH3 is 2. The Morgan fingerprint density at radius 3 is 2.51 bits per heavy atom. The number of allylic oxidation sites excluding steroid dienone is 1. The summed E-state index contributed by atoms with van der Waals surface area (Å²) in [5.41, 5.74) is 1.74. The molecule has 0 fully saturated rings. The fraction of sp³-hybridized carbons (Fsp3) is 0.200. The van der Waals surface area contributed by atoms with E-state index in [9.17, 15) is 14.4 Å². The fourth-order valence-corrected chi connectivity index (χ4v) is 5.65. The van der Waals surface area contributed by atoms with Crippen LogP contribution >= 0.6 is 11.3 Å². The molecule has 0 unspecified atom stereocenters. The highest BCUT2D eigenvalue weighted by Gasteiger charge is 2.35. The number of hydrogen-bond acceptors (Lipinski definition) is 9. The van der Waals surface area contributed by atoms with E-state index in [1.165, 1.54) is 42.3 Å². The Hall–Kier alpha value is -4.90. The van der Waals surface area contributed by atoms with Crippen LogP contribution < -0.4 is 24.4 Å². The summed E-state index contributed by atoms with van der Waals surface area (Å²) < 4.78 is 24.1. The number of carbonyl (C=O) groups is 2. The van der Waals surface area contributed by atoms with Crippen LogP contribution in [0.4, 0.5) is 0 Å². The number of furan rings is 1. The Labute approximate surface area is 238 Å². The normalized spacial score (nSPS) is 14.8. The van der Waals surface area contributed by atoms with Gasteiger partial charge in [-0.15, -0.1) is 0 Å². The second-order valence-electron chi connectivity index (χ2n) is 8.99. The minimum atomic E-state index is -1.01. The predicted molar refractivity (Wildman–Crippen MR) is 151 cm³/mol. The average molecular weight is 575 g/mol. The minimum Gasteiger partial charge on any atom is -0.497 e. The number of ether oxygens (including phenoxy) is 3. The van der Waals surface area contributed by atoms with Crippen molar-refractivity contribution in [1.29, 1.82) is 0 Å². The monoisotopic (exact) mass is 574 g/mol. The number of carboxylic acid groups (broad SMARTS) is 1. The maximum atomic E-state index is 13.9. The van der Waals surface area contributed by atoms with Crippen LogP contribution in [0.1, 0.15) is 41.6 Å². The molecule has 0 amide bonds. The molecule has 0 radical (unpaired) electrons. The van der Waals surface area contributed by atoms with Crippen molar-refractivity contribution in [1.82, 2.24) is 4.57 Å². The molecule has 5 rings (SSSR count). The molecule has 2 aromatic heterocycles. The van der Waals surface area contributed by atoms with Gasteiger partial charge in [0.25, 0.3) is 5.56 Å². The second kappa shape index (κ2) is 11.3. The quantitative estimate of drug-likeness (QED) is 0.315. The zero-order valence-corrected chi connectivity index (χ0v) is 23.5. The molecular formula is C30H26N2O8S. The lowest BCUT2D eigenvalue weighted by molar-refractivity contribution is -0.139. The average Bonchev–Trinajstić information content (AvgIpc) is 3.56. The van der Waals surface area contributed by atoms with Gasteiger partial charge in [0, 0.05) is 23.3 Å². The third-order valence-corrected chi connectivity index (χ3v) is 7.55. The number of carboxylic acids is 1. The van der Waals surface area contributed by atoms with E-state index in [1.807, 2.05) is 0 Å². The van der Waals surface area contributed by atoms with Crippen molar-refractivity contribution < 1.29 is 33.3 Å². The van der Waals surface area contributed by atoms with E-state index in [4.69, 9.17) is 23.7 Å². The summed E-state index contributed by atoms with van der Waals surface area (Å²) in [4.78, 5) is 43.2. The van der Waals surface area contributed by atoms with Gasteiger partial charge in [-0.2, -0.15) is 0 Å². The molecule has 0 saturated carbocycles. The highest BCUT2D eigenvalue weighted by molar-refractivity contribution is 7.07. The Bertz CT molecular complexity index is 1860. The summed E-state index contributed by atoms with van der Waals surface area (Å²) in [5.74, 6) is 0.344. The van der Waals surface area contributed by atoms with Crippen LogP contribution in [0.5, 0.6) is 11.5 Å². The van der Waals surface area contributed by atoms with Gasteiger partial charge in [0.1, 0.15) is 29.1 Å². The van der Waals surface area contributed by atoms with E-state index in [0.717, 1.165) is 0 Å². The largest absolute Gasteiger partial charge is 0.497 e. The van der Waals surface area contributed by atoms with Gasteiger partial charge in [0.05, 0.1) is 42.2 Å². The number of rotatable bonds is 8. The summed E-state index contributed by atoms with van der Waals surface area (Å²) in [6.07, 6.45) is 1.62. The lowest BCUT2D eigenvalue weighted by Gasteiger charge is -2.26. The predicted octanol–water partition coefficient (Wildman–Crippen LogP) is 3.77. The standard InChI is InChI=1S/C30H26N2O8S/c1-5-39-29(36)25-16(2)31-30-32(26(25)21-12-10-19(37-3)14-23(21)38-4)27(33)24(41-30)15-20-11-13-22(40-20)17-6-8-18(9-7-17)28(34)35/h6-15,26H,5H2,1-4H3,(H,34,35)/t26-/m0/s1. The molecule has 2 aromatic carbocycles. The SMILES string of the molecule is CCOC(=O)C1=C(C)N=c2sc(=Cc3ccc(-c4ccc(C(=O)O)cc4)o3)c(=O)n2[C@H]1c1ccc(OC)cc1OC. The van der Waals surface area contributed by atoms with Gasteiger partial charge in [-0.3, -0.25) is 9.36 Å². The minimum absolute atomic E-state index is 0.159. The molecule has 210 valence electrons. The summed E-state index contributed by atoms with van der Waals surface area (Å²) in [6, 6.07) is 14.1. The van der Waals surface area contributed by atoms with Gasteiger partial charge in [0.15, 0.2) is 4.80 Å². The van der Waals surface area contributed by atoms with E-state index in [0.29, 0.717) is 49.2 Å². The molecule has 4 aromatic rings. The van der Waals surface area contributed by atoms with Gasteiger partial charge < -0.3 is 23.7 Å². The number of hydrogen-bond donors (Lipinski definition) is 1. The number of fused-ring (bicyclic) bond motifs is 1. The lowest BCUT2D eigenvalue weighted by Crippen LogP contribution is -2.40. The maximum Gasteiger partial charge on any atom is 0.338 e. The van der Waals surface area contributed by atoms with Gasteiger partial charge in [0.2, 0.25) is 0 Å². The number of aromatic carboxylic acids is 1. The Morgan fingerprint density at radius 2 is 1.85 bits per heavy atom. The van der Waals surface area contributed by atoms with Crippen LogP contribution in [0.15, 0.2) is 80.1 Å². The van der Waals surface area contributed by atoms with Crippen molar-refractivity contribution in [2.24, 2.45) is 4.99 Å². The molecule has 1 aliphatic rings. The number of aromatic nitrogens is 1. The first kappa shape index (κ1) is 27.7. The maximum absolute atomic E-state index is 13.9. The molecule has 0 saturated heterocycles. The van der Waals surface area contributed by atoms with Crippen molar-refractivity contribution in [2.45, 2.75) is 19.9 Å². The van der Waals surface area contributed by atoms with Crippen molar-refractivity contribution in [3.8, 4) is 22.8 Å². The first-order valence-electron chi connectivity index (χ1n) is 12.6. The Kier molecular flexibility index (Phi) is 7.62. The van der Waals surface area contributed by atoms with Gasteiger partial charge in [-0.05, 0) is 50.2 Å². The lowest BCUT2D eigenvalue weighted by atomic mass is 9.95. The van der Waals surface area contributed by atoms with E-state index >= 15 is 0 Å². The summed E-state index contributed by atoms with van der Waals surface area (Å²) in [7, 11) is 3.04. The Balaban J connectivity index is 1.63. The van der Waals surface area contributed by atoms with Gasteiger partial charge in [-0.1, -0.05) is 23.5 Å². The summed E-state index contributed by atoms with van der Waals surface area (Å²) in [5, 5.41) is 9.14. The van der Waals surface area contributed by atoms with E-state index in [-0.39, 0.29) is 23.3 Å². The topological polar surface area (TPSA) is 130 Å². The molecule has 0 aliphatic carbocycles. The third kappa shape index (κ3) is 5.19. The Morgan fingerprint density at radius 1 is 1.10 bits per heavy atom. The molecule has 1 atom stereocenters. The zero-order chi connectivity index (χ0) is 29.3. The highest BCUT2D eigenvalue weighted by Crippen LogP contribution is 2.37. The molecule has 41 heavy (non-hydrogen) atoms. The van der Waals surface area contributed by atoms with Crippen molar-refractivity contribution in [3.05, 3.63) is 102 Å². The van der Waals surface area contributed by atoms with Crippen LogP contribution in [0.25, 0.3) is 17.4 Å². The second-order valence-corrected chi connectivity index (χ2v) is 10.0. The molecule has 3 heterocycles. The van der Waals surface area contributed by atoms with Gasteiger partial charge in [-0.25, -0.2) is 14.6 Å². The van der Waals surface area contributed by atoms with E-state index < -0.39 is 18.0 Å². The van der Waals surface area contributed by atoms with E-state index in [1.54, 1.807) is 62.4 Å². The van der Waals surface area contributed by atoms with Crippen LogP contribution in [0.3, 0.4) is 0 Å². The molecule has 1 N–H and O–H groups in total. The first-order valence-corrected chi connectivity index (χ1v) is 13.4. The van der Waals surface area contributed by atoms with Crippen molar-refractivity contribution in [2.75, 3.05) is 20.8 Å². The van der Waals surface area contributed by atoms with Crippen LogP contribution in [0.2, 0.25) is 0 Å². The molecule has 0 spiro atoms. The molecule has 11 heteroatoms. The van der Waals surface area contributed by atoms with Crippen LogP contribution in [-0.4, -0.2) is 42.4 Å². The summed E-state index contributed by atoms with van der Waals surface area (Å²) >= 11 is 1.17. The smallest absolute Gasteiger partial charge is 0.338 e. The number of nitrogens with zero attached hydrogens (tertiary/aromatic N) is 2. The van der Waals surface area contributed by atoms with Crippen molar-refractivity contribution in [3.63, 3.8) is 0 Å². The molecule has 0 bridgehead atoms. The number of thiazole rings is 1. The third-order valence-electron chi connectivity index (χ3n) is 6.57. The van der Waals surface area contributed by atoms with Gasteiger partial charge >= 0.3 is 11.9 Å².